The van der Waals surface area contributed by atoms with Crippen LogP contribution in [-0.2, 0) is 4.79 Å². The number of carbonyl (C=O) groups is 2. The third kappa shape index (κ3) is 5.51. The second-order valence-corrected chi connectivity index (χ2v) is 8.36. The molecule has 10 heteroatoms. The van der Waals surface area contributed by atoms with Crippen LogP contribution in [-0.4, -0.2) is 41.4 Å². The third-order valence-corrected chi connectivity index (χ3v) is 6.04. The minimum Gasteiger partial charge on any atom is -0.434 e. The Balaban J connectivity index is 1.41. The van der Waals surface area contributed by atoms with Crippen LogP contribution >= 0.6 is 11.3 Å². The highest BCUT2D eigenvalue weighted by atomic mass is 32.1. The van der Waals surface area contributed by atoms with E-state index in [1.165, 1.54) is 41.7 Å². The summed E-state index contributed by atoms with van der Waals surface area (Å²) >= 11 is 1.17. The molecule has 1 aliphatic heterocycles. The van der Waals surface area contributed by atoms with Gasteiger partial charge in [-0.3, -0.25) is 9.59 Å². The Kier molecular flexibility index (Phi) is 6.93. The Morgan fingerprint density at radius 3 is 2.67 bits per heavy atom. The van der Waals surface area contributed by atoms with E-state index in [0.717, 1.165) is 0 Å². The molecule has 2 aromatic carbocycles. The molecule has 2 heterocycles. The quantitative estimate of drug-likeness (QED) is 0.542. The van der Waals surface area contributed by atoms with Crippen molar-refractivity contribution >= 4 is 28.3 Å². The van der Waals surface area contributed by atoms with Crippen LogP contribution in [0.3, 0.4) is 0 Å². The van der Waals surface area contributed by atoms with Crippen molar-refractivity contribution in [1.82, 2.24) is 9.88 Å². The number of likely N-dealkylation sites (tertiary alicyclic amines) is 1. The first-order valence-corrected chi connectivity index (χ1v) is 11.1. The zero-order valence-corrected chi connectivity index (χ0v) is 18.2. The zero-order chi connectivity index (χ0) is 23.4. The summed E-state index contributed by atoms with van der Waals surface area (Å²) in [5.41, 5.74) is 1.17. The monoisotopic (exact) mass is 475 g/mol. The van der Waals surface area contributed by atoms with Crippen molar-refractivity contribution in [3.05, 3.63) is 65.3 Å². The maximum absolute atomic E-state index is 13.1. The molecule has 1 saturated heterocycles. The van der Waals surface area contributed by atoms with Gasteiger partial charge < -0.3 is 15.0 Å². The number of ether oxygens (including phenoxy) is 1. The third-order valence-electron chi connectivity index (χ3n) is 5.28. The van der Waals surface area contributed by atoms with Crippen molar-refractivity contribution in [3.63, 3.8) is 0 Å². The lowest BCUT2D eigenvalue weighted by atomic mass is 9.96. The number of hydrogen-bond acceptors (Lipinski definition) is 5. The predicted molar refractivity (Wildman–Crippen MR) is 118 cm³/mol. The summed E-state index contributed by atoms with van der Waals surface area (Å²) < 4.78 is 43.0. The molecular formula is C23H20F3N3O3S. The predicted octanol–water partition coefficient (Wildman–Crippen LogP) is 5.04. The van der Waals surface area contributed by atoms with Crippen LogP contribution in [0.25, 0.3) is 11.3 Å². The first-order valence-electron chi connectivity index (χ1n) is 10.3. The van der Waals surface area contributed by atoms with Gasteiger partial charge in [-0.15, -0.1) is 11.3 Å². The Morgan fingerprint density at radius 1 is 1.15 bits per heavy atom. The number of para-hydroxylation sites is 1. The SMILES string of the molecule is O=C(Nc1nc(-c2ccccc2OC(F)F)cs1)C1CCCN(C(=O)c2ccc(F)cc2)C1. The average Bonchev–Trinajstić information content (AvgIpc) is 3.27. The number of thiazole rings is 1. The molecule has 1 N–H and O–H groups in total. The number of hydrogen-bond donors (Lipinski definition) is 1. The summed E-state index contributed by atoms with van der Waals surface area (Å²) in [6, 6.07) is 11.6. The topological polar surface area (TPSA) is 71.5 Å². The summed E-state index contributed by atoms with van der Waals surface area (Å²) in [5, 5.41) is 4.73. The zero-order valence-electron chi connectivity index (χ0n) is 17.3. The van der Waals surface area contributed by atoms with Gasteiger partial charge in [0.05, 0.1) is 11.6 Å². The number of nitrogens with one attached hydrogen (secondary N) is 1. The molecule has 1 fully saturated rings. The van der Waals surface area contributed by atoms with Gasteiger partial charge in [0.25, 0.3) is 5.91 Å². The highest BCUT2D eigenvalue weighted by Gasteiger charge is 2.29. The fourth-order valence-corrected chi connectivity index (χ4v) is 4.40. The molecule has 4 rings (SSSR count). The Hall–Kier alpha value is -3.40. The fraction of sp³-hybridized carbons (Fsp3) is 0.261. The molecular weight excluding hydrogens is 455 g/mol. The molecule has 1 aliphatic rings. The van der Waals surface area contributed by atoms with Crippen LogP contribution in [0, 0.1) is 11.7 Å². The number of carbonyl (C=O) groups excluding carboxylic acids is 2. The molecule has 1 atom stereocenters. The molecule has 1 aromatic heterocycles. The smallest absolute Gasteiger partial charge is 0.387 e. The van der Waals surface area contributed by atoms with E-state index in [0.29, 0.717) is 41.3 Å². The molecule has 0 spiro atoms. The number of anilines is 1. The van der Waals surface area contributed by atoms with E-state index < -0.39 is 18.3 Å². The van der Waals surface area contributed by atoms with Crippen molar-refractivity contribution in [3.8, 4) is 17.0 Å². The molecule has 0 saturated carbocycles. The fourth-order valence-electron chi connectivity index (χ4n) is 3.69. The van der Waals surface area contributed by atoms with Crippen molar-refractivity contribution in [2.75, 3.05) is 18.4 Å². The number of benzene rings is 2. The van der Waals surface area contributed by atoms with Crippen molar-refractivity contribution in [2.24, 2.45) is 5.92 Å². The molecule has 2 amide bonds. The molecule has 6 nitrogen and oxygen atoms in total. The second kappa shape index (κ2) is 10.0. The summed E-state index contributed by atoms with van der Waals surface area (Å²) in [6.45, 7) is -2.20. The summed E-state index contributed by atoms with van der Waals surface area (Å²) in [5.74, 6) is -1.37. The van der Waals surface area contributed by atoms with E-state index in [1.807, 2.05) is 0 Å². The van der Waals surface area contributed by atoms with Gasteiger partial charge in [0, 0.05) is 29.6 Å². The molecule has 0 radical (unpaired) electrons. The summed E-state index contributed by atoms with van der Waals surface area (Å²) in [6.07, 6.45) is 1.27. The summed E-state index contributed by atoms with van der Waals surface area (Å²) in [4.78, 5) is 31.4. The first kappa shape index (κ1) is 22.8. The van der Waals surface area contributed by atoms with Crippen molar-refractivity contribution in [2.45, 2.75) is 19.5 Å². The number of rotatable bonds is 6. The lowest BCUT2D eigenvalue weighted by Crippen LogP contribution is -2.43. The highest BCUT2D eigenvalue weighted by Crippen LogP contribution is 2.33. The summed E-state index contributed by atoms with van der Waals surface area (Å²) in [7, 11) is 0. The van der Waals surface area contributed by atoms with Crippen LogP contribution in [0.2, 0.25) is 0 Å². The van der Waals surface area contributed by atoms with E-state index in [9.17, 15) is 22.8 Å². The van der Waals surface area contributed by atoms with E-state index in [1.54, 1.807) is 28.5 Å². The number of piperidine rings is 1. The highest BCUT2D eigenvalue weighted by molar-refractivity contribution is 7.14. The van der Waals surface area contributed by atoms with Crippen LogP contribution in [0.1, 0.15) is 23.2 Å². The van der Waals surface area contributed by atoms with Crippen LogP contribution in [0.4, 0.5) is 18.3 Å². The van der Waals surface area contributed by atoms with Gasteiger partial charge >= 0.3 is 6.61 Å². The number of aromatic nitrogens is 1. The number of amides is 2. The maximum atomic E-state index is 13.1. The van der Waals surface area contributed by atoms with E-state index >= 15 is 0 Å². The van der Waals surface area contributed by atoms with Gasteiger partial charge in [0.15, 0.2) is 5.13 Å². The Morgan fingerprint density at radius 2 is 1.91 bits per heavy atom. The number of halogens is 3. The first-order chi connectivity index (χ1) is 15.9. The van der Waals surface area contributed by atoms with Gasteiger partial charge in [0.1, 0.15) is 11.6 Å². The molecule has 33 heavy (non-hydrogen) atoms. The van der Waals surface area contributed by atoms with E-state index in [2.05, 4.69) is 15.0 Å². The molecule has 1 unspecified atom stereocenters. The van der Waals surface area contributed by atoms with E-state index in [4.69, 9.17) is 0 Å². The van der Waals surface area contributed by atoms with Gasteiger partial charge in [-0.2, -0.15) is 8.78 Å². The Labute approximate surface area is 192 Å². The molecule has 172 valence electrons. The van der Waals surface area contributed by atoms with Gasteiger partial charge in [-0.1, -0.05) is 12.1 Å². The van der Waals surface area contributed by atoms with Crippen LogP contribution in [0.5, 0.6) is 5.75 Å². The standard InChI is InChI=1S/C23H20F3N3O3S/c24-16-9-7-14(8-10-16)21(31)29-11-3-4-15(12-29)20(30)28-23-27-18(13-33-23)17-5-1-2-6-19(17)32-22(25)26/h1-2,5-10,13,15,22H,3-4,11-12H2,(H,27,28,30). The average molecular weight is 475 g/mol. The van der Waals surface area contributed by atoms with Crippen LogP contribution in [0.15, 0.2) is 53.9 Å². The maximum Gasteiger partial charge on any atom is 0.387 e. The van der Waals surface area contributed by atoms with Gasteiger partial charge in [0.2, 0.25) is 5.91 Å². The van der Waals surface area contributed by atoms with Crippen LogP contribution < -0.4 is 10.1 Å². The Bertz CT molecular complexity index is 1140. The second-order valence-electron chi connectivity index (χ2n) is 7.50. The van der Waals surface area contributed by atoms with Crippen molar-refractivity contribution in [1.29, 1.82) is 0 Å². The van der Waals surface area contributed by atoms with Crippen molar-refractivity contribution < 1.29 is 27.5 Å². The lowest BCUT2D eigenvalue weighted by Gasteiger charge is -2.32. The van der Waals surface area contributed by atoms with E-state index in [-0.39, 0.29) is 24.1 Å². The largest absolute Gasteiger partial charge is 0.434 e. The number of alkyl halides is 2. The lowest BCUT2D eigenvalue weighted by molar-refractivity contribution is -0.121. The minimum atomic E-state index is -2.96. The van der Waals surface area contributed by atoms with Gasteiger partial charge in [-0.25, -0.2) is 9.37 Å². The molecule has 0 aliphatic carbocycles. The molecule has 0 bridgehead atoms. The minimum absolute atomic E-state index is 0.00194. The number of nitrogens with zero attached hydrogens (tertiary/aromatic N) is 2. The normalized spacial score (nSPS) is 16.0. The van der Waals surface area contributed by atoms with Gasteiger partial charge in [-0.05, 0) is 49.2 Å². The molecule has 3 aromatic rings.